The van der Waals surface area contributed by atoms with Crippen LogP contribution < -0.4 is 0 Å². The zero-order valence-corrected chi connectivity index (χ0v) is 10.3. The molecule has 3 rings (SSSR count). The summed E-state index contributed by atoms with van der Waals surface area (Å²) in [5.41, 5.74) is 2.07. The van der Waals surface area contributed by atoms with Crippen molar-refractivity contribution >= 4 is 11.9 Å². The number of ether oxygens (including phenoxy) is 1. The van der Waals surface area contributed by atoms with Crippen molar-refractivity contribution < 1.29 is 14.3 Å². The Bertz CT molecular complexity index is 512. The molecule has 2 unspecified atom stereocenters. The van der Waals surface area contributed by atoms with Gasteiger partial charge >= 0.3 is 5.97 Å². The second-order valence-electron chi connectivity index (χ2n) is 4.82. The number of rotatable bonds is 1. The van der Waals surface area contributed by atoms with Crippen molar-refractivity contribution in [3.05, 3.63) is 35.4 Å². The van der Waals surface area contributed by atoms with Crippen molar-refractivity contribution in [2.75, 3.05) is 7.11 Å². The summed E-state index contributed by atoms with van der Waals surface area (Å²) >= 11 is 0. The van der Waals surface area contributed by atoms with Crippen LogP contribution in [0.3, 0.4) is 0 Å². The molecule has 1 saturated heterocycles. The first kappa shape index (κ1) is 11.3. The van der Waals surface area contributed by atoms with E-state index in [0.717, 1.165) is 24.0 Å². The third-order valence-electron chi connectivity index (χ3n) is 3.88. The van der Waals surface area contributed by atoms with E-state index in [1.807, 2.05) is 24.3 Å². The first-order chi connectivity index (χ1) is 8.72. The number of esters is 1. The van der Waals surface area contributed by atoms with E-state index in [-0.39, 0.29) is 17.9 Å². The van der Waals surface area contributed by atoms with Crippen LogP contribution in [0.4, 0.5) is 0 Å². The quantitative estimate of drug-likeness (QED) is 0.703. The molecule has 1 fully saturated rings. The smallest absolute Gasteiger partial charge is 0.333 e. The van der Waals surface area contributed by atoms with Crippen LogP contribution in [0.1, 0.15) is 30.0 Å². The number of methoxy groups -OCH3 is 1. The van der Waals surface area contributed by atoms with E-state index in [4.69, 9.17) is 4.74 Å². The number of amides is 1. The highest BCUT2D eigenvalue weighted by Gasteiger charge is 2.44. The third-order valence-corrected chi connectivity index (χ3v) is 3.88. The van der Waals surface area contributed by atoms with Gasteiger partial charge in [-0.3, -0.25) is 4.79 Å². The highest BCUT2D eigenvalue weighted by atomic mass is 16.5. The Kier molecular flexibility index (Phi) is 2.58. The molecule has 0 bridgehead atoms. The van der Waals surface area contributed by atoms with Crippen LogP contribution >= 0.6 is 0 Å². The maximum atomic E-state index is 12.0. The van der Waals surface area contributed by atoms with Gasteiger partial charge in [0.05, 0.1) is 7.11 Å². The van der Waals surface area contributed by atoms with Gasteiger partial charge in [-0.1, -0.05) is 24.3 Å². The molecule has 0 aromatic heterocycles. The Morgan fingerprint density at radius 1 is 1.39 bits per heavy atom. The van der Waals surface area contributed by atoms with Gasteiger partial charge in [-0.25, -0.2) is 4.79 Å². The van der Waals surface area contributed by atoms with Gasteiger partial charge in [-0.15, -0.1) is 0 Å². The Morgan fingerprint density at radius 3 is 2.94 bits per heavy atom. The molecule has 18 heavy (non-hydrogen) atoms. The summed E-state index contributed by atoms with van der Waals surface area (Å²) in [6, 6.07) is 7.41. The molecule has 0 aliphatic carbocycles. The Hall–Kier alpha value is -1.84. The highest BCUT2D eigenvalue weighted by Crippen LogP contribution is 2.39. The second kappa shape index (κ2) is 4.12. The normalized spacial score (nSPS) is 25.6. The van der Waals surface area contributed by atoms with Gasteiger partial charge in [-0.05, 0) is 24.0 Å². The number of carbonyl (C=O) groups is 2. The van der Waals surface area contributed by atoms with Crippen LogP contribution in [0, 0.1) is 0 Å². The molecule has 2 aliphatic heterocycles. The molecule has 1 aromatic rings. The molecule has 1 amide bonds. The zero-order chi connectivity index (χ0) is 12.7. The number of carbonyl (C=O) groups excluding carboxylic acids is 2. The van der Waals surface area contributed by atoms with E-state index >= 15 is 0 Å². The standard InChI is InChI=1S/C14H15NO3/c1-18-14(17)13-11-5-3-2-4-9(11)8-10-6-7-12(16)15(10)13/h2-5,10,13H,6-8H2,1H3. The molecular formula is C14H15NO3. The molecule has 0 N–H and O–H groups in total. The minimum absolute atomic E-state index is 0.0601. The van der Waals surface area contributed by atoms with E-state index < -0.39 is 6.04 Å². The van der Waals surface area contributed by atoms with Gasteiger partial charge in [0.2, 0.25) is 5.91 Å². The van der Waals surface area contributed by atoms with Crippen molar-refractivity contribution in [1.82, 2.24) is 4.90 Å². The van der Waals surface area contributed by atoms with E-state index in [9.17, 15) is 9.59 Å². The molecule has 0 saturated carbocycles. The third kappa shape index (κ3) is 1.52. The van der Waals surface area contributed by atoms with Crippen LogP contribution in [0.5, 0.6) is 0 Å². The van der Waals surface area contributed by atoms with Crippen LogP contribution in [0.15, 0.2) is 24.3 Å². The van der Waals surface area contributed by atoms with Crippen LogP contribution in [0.25, 0.3) is 0 Å². The molecule has 4 nitrogen and oxygen atoms in total. The topological polar surface area (TPSA) is 46.6 Å². The average Bonchev–Trinajstić information content (AvgIpc) is 2.77. The van der Waals surface area contributed by atoms with Gasteiger partial charge < -0.3 is 9.64 Å². The zero-order valence-electron chi connectivity index (χ0n) is 10.3. The van der Waals surface area contributed by atoms with Crippen molar-refractivity contribution in [2.45, 2.75) is 31.3 Å². The Labute approximate surface area is 106 Å². The largest absolute Gasteiger partial charge is 0.467 e. The van der Waals surface area contributed by atoms with Gasteiger partial charge in [0.1, 0.15) is 0 Å². The number of nitrogens with zero attached hydrogens (tertiary/aromatic N) is 1. The lowest BCUT2D eigenvalue weighted by molar-refractivity contribution is -0.153. The minimum atomic E-state index is -0.556. The molecule has 0 radical (unpaired) electrons. The number of hydrogen-bond donors (Lipinski definition) is 0. The fourth-order valence-electron chi connectivity index (χ4n) is 3.06. The first-order valence-corrected chi connectivity index (χ1v) is 6.19. The summed E-state index contributed by atoms with van der Waals surface area (Å²) in [4.78, 5) is 25.7. The highest BCUT2D eigenvalue weighted by molar-refractivity contribution is 5.88. The van der Waals surface area contributed by atoms with Crippen molar-refractivity contribution in [3.8, 4) is 0 Å². The molecule has 2 aliphatic rings. The molecular weight excluding hydrogens is 230 g/mol. The first-order valence-electron chi connectivity index (χ1n) is 6.19. The van der Waals surface area contributed by atoms with E-state index in [1.54, 1.807) is 4.90 Å². The maximum absolute atomic E-state index is 12.0. The summed E-state index contributed by atoms with van der Waals surface area (Å²) in [7, 11) is 1.37. The summed E-state index contributed by atoms with van der Waals surface area (Å²) in [5.74, 6) is -0.285. The fourth-order valence-corrected chi connectivity index (χ4v) is 3.06. The summed E-state index contributed by atoms with van der Waals surface area (Å²) in [5, 5.41) is 0. The fraction of sp³-hybridized carbons (Fsp3) is 0.429. The number of benzene rings is 1. The lowest BCUT2D eigenvalue weighted by Gasteiger charge is -2.37. The van der Waals surface area contributed by atoms with Crippen molar-refractivity contribution in [2.24, 2.45) is 0 Å². The lowest BCUT2D eigenvalue weighted by atomic mass is 9.89. The summed E-state index contributed by atoms with van der Waals surface area (Å²) < 4.78 is 4.87. The molecule has 4 heteroatoms. The van der Waals surface area contributed by atoms with Gasteiger partial charge in [0.15, 0.2) is 6.04 Å². The van der Waals surface area contributed by atoms with E-state index in [2.05, 4.69) is 0 Å². The second-order valence-corrected chi connectivity index (χ2v) is 4.82. The SMILES string of the molecule is COC(=O)C1c2ccccc2CC2CCC(=O)N21. The van der Waals surface area contributed by atoms with Crippen LogP contribution in [0.2, 0.25) is 0 Å². The van der Waals surface area contributed by atoms with Crippen LogP contribution in [-0.2, 0) is 20.7 Å². The molecule has 2 heterocycles. The van der Waals surface area contributed by atoms with Gasteiger partial charge in [0, 0.05) is 12.5 Å². The maximum Gasteiger partial charge on any atom is 0.333 e. The summed E-state index contributed by atoms with van der Waals surface area (Å²) in [6.45, 7) is 0. The lowest BCUT2D eigenvalue weighted by Crippen LogP contribution is -2.45. The van der Waals surface area contributed by atoms with E-state index in [1.165, 1.54) is 7.11 Å². The number of fused-ring (bicyclic) bond motifs is 2. The molecule has 1 aromatic carbocycles. The average molecular weight is 245 g/mol. The monoisotopic (exact) mass is 245 g/mol. The Balaban J connectivity index is 2.10. The Morgan fingerprint density at radius 2 is 2.17 bits per heavy atom. The van der Waals surface area contributed by atoms with Crippen molar-refractivity contribution in [3.63, 3.8) is 0 Å². The molecule has 94 valence electrons. The van der Waals surface area contributed by atoms with Gasteiger partial charge in [0.25, 0.3) is 0 Å². The van der Waals surface area contributed by atoms with Crippen molar-refractivity contribution in [1.29, 1.82) is 0 Å². The summed E-state index contributed by atoms with van der Waals surface area (Å²) in [6.07, 6.45) is 2.21. The molecule has 2 atom stereocenters. The van der Waals surface area contributed by atoms with E-state index in [0.29, 0.717) is 6.42 Å². The minimum Gasteiger partial charge on any atom is -0.467 e. The molecule has 0 spiro atoms. The van der Waals surface area contributed by atoms with Gasteiger partial charge in [-0.2, -0.15) is 0 Å². The van der Waals surface area contributed by atoms with Crippen LogP contribution in [-0.4, -0.2) is 29.9 Å². The predicted molar refractivity (Wildman–Crippen MR) is 64.8 cm³/mol. The number of hydrogen-bond acceptors (Lipinski definition) is 3. The predicted octanol–water partition coefficient (Wildman–Crippen LogP) is 1.45.